The molecule has 1 aliphatic heterocycles. The van der Waals surface area contributed by atoms with Crippen LogP contribution in [0.3, 0.4) is 0 Å². The molecule has 1 heterocycles. The van der Waals surface area contributed by atoms with Crippen molar-refractivity contribution in [3.05, 3.63) is 54.6 Å². The van der Waals surface area contributed by atoms with E-state index in [0.717, 1.165) is 26.2 Å². The number of hydrogen-bond acceptors (Lipinski definition) is 2. The quantitative estimate of drug-likeness (QED) is 0.640. The van der Waals surface area contributed by atoms with Gasteiger partial charge in [-0.05, 0) is 0 Å². The number of rotatable bonds is 1. The Labute approximate surface area is 121 Å². The molecular weight excluding hydrogens is 264 g/mol. The first-order valence-electron chi connectivity index (χ1n) is 5.81. The number of nitrogens with one attached hydrogen (secondary N) is 1. The van der Waals surface area contributed by atoms with Gasteiger partial charge in [-0.15, -0.1) is 0 Å². The molecule has 1 saturated heterocycles. The van der Waals surface area contributed by atoms with Crippen molar-refractivity contribution in [3.63, 3.8) is 0 Å². The predicted octanol–water partition coefficient (Wildman–Crippen LogP) is 2.85. The summed E-state index contributed by atoms with van der Waals surface area (Å²) < 4.78 is 0. The minimum Gasteiger partial charge on any atom is -0.748 e. The van der Waals surface area contributed by atoms with Crippen LogP contribution >= 0.6 is 0 Å². The normalized spacial score (nSPS) is 13.7. The van der Waals surface area contributed by atoms with Gasteiger partial charge in [-0.2, -0.15) is 12.1 Å². The zero-order valence-corrected chi connectivity index (χ0v) is 10.9. The van der Waals surface area contributed by atoms with Crippen LogP contribution in [0.1, 0.15) is 7.43 Å². The van der Waals surface area contributed by atoms with Crippen molar-refractivity contribution >= 4 is 5.69 Å². The van der Waals surface area contributed by atoms with Gasteiger partial charge in [0.1, 0.15) is 0 Å². The third-order valence-corrected chi connectivity index (χ3v) is 2.68. The fraction of sp³-hybridized carbons (Fsp3) is 0.333. The van der Waals surface area contributed by atoms with E-state index in [-0.39, 0.29) is 24.5 Å². The van der Waals surface area contributed by atoms with Crippen LogP contribution in [0.15, 0.2) is 54.6 Å². The van der Waals surface area contributed by atoms with E-state index in [2.05, 4.69) is 34.5 Å². The number of hydrogen-bond donors (Lipinski definition) is 1. The summed E-state index contributed by atoms with van der Waals surface area (Å²) in [6.07, 6.45) is 0. The molecule has 1 aliphatic rings. The summed E-state index contributed by atoms with van der Waals surface area (Å²) in [5, 5.41) is 3.33. The van der Waals surface area contributed by atoms with E-state index in [1.807, 2.05) is 30.3 Å². The Kier molecular flexibility index (Phi) is 9.39. The molecule has 1 N–H and O–H groups in total. The molecule has 0 aliphatic carbocycles. The van der Waals surface area contributed by atoms with Crippen molar-refractivity contribution in [3.8, 4) is 0 Å². The zero-order valence-electron chi connectivity index (χ0n) is 9.83. The van der Waals surface area contributed by atoms with Gasteiger partial charge >= 0.3 is 0 Å². The summed E-state index contributed by atoms with van der Waals surface area (Å²) in [5.41, 5.74) is 1.37. The largest absolute Gasteiger partial charge is 0.748 e. The van der Waals surface area contributed by atoms with Crippen molar-refractivity contribution in [1.29, 1.82) is 0 Å². The molecule has 0 saturated carbocycles. The molecule has 2 aromatic rings. The minimum atomic E-state index is 0. The fourth-order valence-corrected chi connectivity index (χ4v) is 1.82. The molecule has 106 valence electrons. The van der Waals surface area contributed by atoms with Gasteiger partial charge in [0.05, 0.1) is 0 Å². The van der Waals surface area contributed by atoms with E-state index in [0.29, 0.717) is 0 Å². The van der Waals surface area contributed by atoms with Crippen LogP contribution in [0, 0.1) is 0 Å². The zero-order chi connectivity index (χ0) is 11.1. The molecule has 0 aromatic heterocycles. The predicted molar refractivity (Wildman–Crippen MR) is 75.9 cm³/mol. The second-order valence-electron chi connectivity index (χ2n) is 3.84. The van der Waals surface area contributed by atoms with Crippen LogP contribution < -0.4 is 10.2 Å². The average molecular weight is 286 g/mol. The summed E-state index contributed by atoms with van der Waals surface area (Å²) >= 11 is 0. The van der Waals surface area contributed by atoms with E-state index >= 15 is 0 Å². The number of nitrogens with zero attached hydrogens (tertiary/aromatic N) is 1. The molecule has 0 unspecified atom stereocenters. The van der Waals surface area contributed by atoms with Crippen molar-refractivity contribution in [1.82, 2.24) is 5.32 Å². The Morgan fingerprint density at radius 3 is 1.78 bits per heavy atom. The van der Waals surface area contributed by atoms with Crippen LogP contribution in [0.2, 0.25) is 0 Å². The monoisotopic (exact) mass is 286 g/mol. The van der Waals surface area contributed by atoms with Gasteiger partial charge in [0, 0.05) is 43.2 Å². The maximum Gasteiger partial charge on any atom is 0.0186 e. The first-order valence-corrected chi connectivity index (χ1v) is 5.81. The molecule has 3 heteroatoms. The molecule has 0 spiro atoms. The van der Waals surface area contributed by atoms with E-state index < -0.39 is 0 Å². The standard InChI is InChI=1S/C9H13N2.C5H5.CH4.Fe/c1-2-4-9(3-1)11-7-5-10-6-8-11;1-2-4-5-3-1;;/h1-4,10H,5-8H2;1-5H;1H4;/q-1;-5;;. The SMILES string of the molecule is C.[Fe].[cH-]1[cH-][cH-][cH-][cH-]1.c1cc[c-](N2CCNCC2)c1. The minimum absolute atomic E-state index is 0. The van der Waals surface area contributed by atoms with Crippen LogP contribution in [0.5, 0.6) is 0 Å². The van der Waals surface area contributed by atoms with Gasteiger partial charge in [-0.3, -0.25) is 0 Å². The van der Waals surface area contributed by atoms with Gasteiger partial charge in [0.2, 0.25) is 0 Å². The van der Waals surface area contributed by atoms with Crippen LogP contribution in [-0.2, 0) is 17.1 Å². The summed E-state index contributed by atoms with van der Waals surface area (Å²) in [6, 6.07) is 18.5. The molecule has 0 bridgehead atoms. The van der Waals surface area contributed by atoms with Crippen LogP contribution in [0.25, 0.3) is 0 Å². The van der Waals surface area contributed by atoms with Crippen molar-refractivity contribution in [2.45, 2.75) is 7.43 Å². The van der Waals surface area contributed by atoms with E-state index in [9.17, 15) is 0 Å². The van der Waals surface area contributed by atoms with E-state index in [1.165, 1.54) is 5.69 Å². The Balaban J connectivity index is 0.000000357. The second-order valence-corrected chi connectivity index (χ2v) is 3.84. The molecule has 0 radical (unpaired) electrons. The summed E-state index contributed by atoms with van der Waals surface area (Å²) in [7, 11) is 0. The third-order valence-electron chi connectivity index (χ3n) is 2.68. The van der Waals surface area contributed by atoms with Crippen LogP contribution in [-0.4, -0.2) is 26.2 Å². The maximum absolute atomic E-state index is 3.33. The molecule has 0 atom stereocenters. The smallest absolute Gasteiger partial charge is 0.0186 e. The third kappa shape index (κ3) is 5.54. The van der Waals surface area contributed by atoms with Gasteiger partial charge in [0.25, 0.3) is 0 Å². The molecule has 0 amide bonds. The van der Waals surface area contributed by atoms with Crippen molar-refractivity contribution in [2.75, 3.05) is 31.1 Å². The average Bonchev–Trinajstić information content (AvgIpc) is 3.07. The van der Waals surface area contributed by atoms with Crippen molar-refractivity contribution in [2.24, 2.45) is 0 Å². The van der Waals surface area contributed by atoms with Crippen molar-refractivity contribution < 1.29 is 17.1 Å². The van der Waals surface area contributed by atoms with Gasteiger partial charge < -0.3 is 40.5 Å². The molecule has 2 aromatic carbocycles. The summed E-state index contributed by atoms with van der Waals surface area (Å²) in [6.45, 7) is 4.52. The first kappa shape index (κ1) is 17.0. The summed E-state index contributed by atoms with van der Waals surface area (Å²) in [4.78, 5) is 2.41. The number of piperazine rings is 1. The Bertz CT molecular complexity index is 331. The summed E-state index contributed by atoms with van der Waals surface area (Å²) in [5.74, 6) is 0. The first-order chi connectivity index (χ1) is 7.97. The number of anilines is 1. The topological polar surface area (TPSA) is 15.3 Å². The second kappa shape index (κ2) is 9.95. The Morgan fingerprint density at radius 1 is 0.889 bits per heavy atom. The van der Waals surface area contributed by atoms with E-state index in [4.69, 9.17) is 0 Å². The van der Waals surface area contributed by atoms with Crippen LogP contribution in [0.4, 0.5) is 5.69 Å². The Morgan fingerprint density at radius 2 is 1.33 bits per heavy atom. The molecule has 3 rings (SSSR count). The van der Waals surface area contributed by atoms with Gasteiger partial charge in [0.15, 0.2) is 0 Å². The van der Waals surface area contributed by atoms with Gasteiger partial charge in [-0.1, -0.05) is 13.1 Å². The fourth-order valence-electron chi connectivity index (χ4n) is 1.82. The molecule has 2 nitrogen and oxygen atoms in total. The van der Waals surface area contributed by atoms with Gasteiger partial charge in [-0.25, -0.2) is 12.1 Å². The molecule has 1 fully saturated rings. The molecule has 18 heavy (non-hydrogen) atoms. The molecular formula is C15H22FeN2-6. The Hall–Kier alpha value is -1.02. The maximum atomic E-state index is 3.33. The van der Waals surface area contributed by atoms with E-state index in [1.54, 1.807) is 0 Å².